The van der Waals surface area contributed by atoms with Crippen molar-refractivity contribution in [3.8, 4) is 0 Å². The van der Waals surface area contributed by atoms with Gasteiger partial charge in [0.05, 0.1) is 0 Å². The Balaban J connectivity index is 2.54. The molecule has 0 aromatic carbocycles. The minimum absolute atomic E-state index is 0.0836. The Morgan fingerprint density at radius 2 is 2.18 bits per heavy atom. The van der Waals surface area contributed by atoms with Crippen LogP contribution in [-0.4, -0.2) is 22.8 Å². The normalized spacial score (nSPS) is 11.3. The van der Waals surface area contributed by atoms with E-state index in [-0.39, 0.29) is 11.3 Å². The largest absolute Gasteiger partial charge is 0.341 e. The Labute approximate surface area is 104 Å². The molecule has 0 spiro atoms. The lowest BCUT2D eigenvalue weighted by molar-refractivity contribution is -0.132. The first-order valence-electron chi connectivity index (χ1n) is 6.07. The number of carbonyl (C=O) groups is 1. The van der Waals surface area contributed by atoms with Crippen LogP contribution < -0.4 is 0 Å². The molecule has 0 atom stereocenters. The molecule has 0 saturated carbocycles. The highest BCUT2D eigenvalue weighted by atomic mass is 16.2. The van der Waals surface area contributed by atoms with E-state index in [1.54, 1.807) is 17.3 Å². The SMILES string of the molecule is CCC(C)(C)CC(=O)N(C)Cc1cccnc1. The Kier molecular flexibility index (Phi) is 4.67. The predicted octanol–water partition coefficient (Wildman–Crippen LogP) is 2.87. The lowest BCUT2D eigenvalue weighted by atomic mass is 9.86. The fourth-order valence-corrected chi connectivity index (χ4v) is 1.52. The van der Waals surface area contributed by atoms with Crippen molar-refractivity contribution >= 4 is 5.91 Å². The first kappa shape index (κ1) is 13.7. The highest BCUT2D eigenvalue weighted by Crippen LogP contribution is 2.25. The van der Waals surface area contributed by atoms with E-state index in [0.717, 1.165) is 12.0 Å². The second kappa shape index (κ2) is 5.80. The van der Waals surface area contributed by atoms with E-state index in [9.17, 15) is 4.79 Å². The van der Waals surface area contributed by atoms with Crippen molar-refractivity contribution < 1.29 is 4.79 Å². The fourth-order valence-electron chi connectivity index (χ4n) is 1.52. The van der Waals surface area contributed by atoms with E-state index in [0.29, 0.717) is 13.0 Å². The molecule has 0 aliphatic rings. The van der Waals surface area contributed by atoms with E-state index in [1.807, 2.05) is 19.2 Å². The van der Waals surface area contributed by atoms with E-state index in [2.05, 4.69) is 25.8 Å². The van der Waals surface area contributed by atoms with Gasteiger partial charge in [0, 0.05) is 32.4 Å². The average molecular weight is 234 g/mol. The van der Waals surface area contributed by atoms with Crippen molar-refractivity contribution in [2.45, 2.75) is 40.2 Å². The summed E-state index contributed by atoms with van der Waals surface area (Å²) in [5, 5.41) is 0. The van der Waals surface area contributed by atoms with Gasteiger partial charge in [-0.2, -0.15) is 0 Å². The minimum Gasteiger partial charge on any atom is -0.341 e. The van der Waals surface area contributed by atoms with Gasteiger partial charge in [-0.3, -0.25) is 9.78 Å². The third kappa shape index (κ3) is 4.55. The number of pyridine rings is 1. The van der Waals surface area contributed by atoms with Gasteiger partial charge < -0.3 is 4.90 Å². The van der Waals surface area contributed by atoms with Crippen molar-refractivity contribution in [1.29, 1.82) is 0 Å². The highest BCUT2D eigenvalue weighted by molar-refractivity contribution is 5.76. The smallest absolute Gasteiger partial charge is 0.223 e. The van der Waals surface area contributed by atoms with E-state index >= 15 is 0 Å². The molecule has 0 saturated heterocycles. The number of nitrogens with zero attached hydrogens (tertiary/aromatic N) is 2. The summed E-state index contributed by atoms with van der Waals surface area (Å²) >= 11 is 0. The molecule has 1 aromatic heterocycles. The van der Waals surface area contributed by atoms with Gasteiger partial charge in [0.15, 0.2) is 0 Å². The monoisotopic (exact) mass is 234 g/mol. The molecule has 3 nitrogen and oxygen atoms in total. The lowest BCUT2D eigenvalue weighted by Gasteiger charge is -2.25. The number of carbonyl (C=O) groups excluding carboxylic acids is 1. The summed E-state index contributed by atoms with van der Waals surface area (Å²) in [7, 11) is 1.85. The third-order valence-corrected chi connectivity index (χ3v) is 3.16. The van der Waals surface area contributed by atoms with Gasteiger partial charge in [0.1, 0.15) is 0 Å². The van der Waals surface area contributed by atoms with Gasteiger partial charge in [-0.1, -0.05) is 33.3 Å². The predicted molar refractivity (Wildman–Crippen MR) is 69.4 cm³/mol. The number of rotatable bonds is 5. The molecule has 0 N–H and O–H groups in total. The number of amides is 1. The van der Waals surface area contributed by atoms with Crippen LogP contribution in [0.2, 0.25) is 0 Å². The maximum Gasteiger partial charge on any atom is 0.223 e. The summed E-state index contributed by atoms with van der Waals surface area (Å²) in [6, 6.07) is 3.88. The average Bonchev–Trinajstić information content (AvgIpc) is 2.30. The molecule has 1 amide bonds. The summed E-state index contributed by atoms with van der Waals surface area (Å²) in [6.45, 7) is 7.01. The topological polar surface area (TPSA) is 33.2 Å². The van der Waals surface area contributed by atoms with Gasteiger partial charge in [-0.05, 0) is 17.0 Å². The number of hydrogen-bond donors (Lipinski definition) is 0. The van der Waals surface area contributed by atoms with Crippen LogP contribution in [0.5, 0.6) is 0 Å². The summed E-state index contributed by atoms with van der Waals surface area (Å²) in [5.74, 6) is 0.195. The molecule has 0 aliphatic heterocycles. The standard InChI is InChI=1S/C14H22N2O/c1-5-14(2,3)9-13(17)16(4)11-12-7-6-8-15-10-12/h6-8,10H,5,9,11H2,1-4H3. The molecule has 17 heavy (non-hydrogen) atoms. The van der Waals surface area contributed by atoms with Crippen molar-refractivity contribution in [3.05, 3.63) is 30.1 Å². The Bertz CT molecular complexity index is 360. The Morgan fingerprint density at radius 1 is 1.47 bits per heavy atom. The summed E-state index contributed by atoms with van der Waals surface area (Å²) in [4.78, 5) is 17.8. The molecule has 0 bridgehead atoms. The molecule has 0 fully saturated rings. The molecule has 3 heteroatoms. The summed E-state index contributed by atoms with van der Waals surface area (Å²) < 4.78 is 0. The molecular weight excluding hydrogens is 212 g/mol. The first-order valence-corrected chi connectivity index (χ1v) is 6.07. The molecule has 0 unspecified atom stereocenters. The fraction of sp³-hybridized carbons (Fsp3) is 0.571. The number of aromatic nitrogens is 1. The van der Waals surface area contributed by atoms with Crippen molar-refractivity contribution in [1.82, 2.24) is 9.88 Å². The molecule has 1 rings (SSSR count). The van der Waals surface area contributed by atoms with E-state index < -0.39 is 0 Å². The second-order valence-corrected chi connectivity index (χ2v) is 5.31. The van der Waals surface area contributed by atoms with Crippen LogP contribution >= 0.6 is 0 Å². The van der Waals surface area contributed by atoms with Crippen molar-refractivity contribution in [2.75, 3.05) is 7.05 Å². The highest BCUT2D eigenvalue weighted by Gasteiger charge is 2.21. The van der Waals surface area contributed by atoms with Crippen molar-refractivity contribution in [3.63, 3.8) is 0 Å². The van der Waals surface area contributed by atoms with Crippen LogP contribution in [0.25, 0.3) is 0 Å². The van der Waals surface area contributed by atoms with E-state index in [4.69, 9.17) is 0 Å². The van der Waals surface area contributed by atoms with Crippen LogP contribution in [0, 0.1) is 5.41 Å². The zero-order valence-electron chi connectivity index (χ0n) is 11.2. The second-order valence-electron chi connectivity index (χ2n) is 5.31. The van der Waals surface area contributed by atoms with Crippen molar-refractivity contribution in [2.24, 2.45) is 5.41 Å². The molecular formula is C14H22N2O. The maximum atomic E-state index is 12.0. The quantitative estimate of drug-likeness (QED) is 0.785. The molecule has 1 aromatic rings. The van der Waals surface area contributed by atoms with Crippen LogP contribution in [0.3, 0.4) is 0 Å². The van der Waals surface area contributed by atoms with Gasteiger partial charge in [-0.25, -0.2) is 0 Å². The Hall–Kier alpha value is -1.38. The molecule has 0 aliphatic carbocycles. The molecule has 1 heterocycles. The lowest BCUT2D eigenvalue weighted by Crippen LogP contribution is -2.30. The first-order chi connectivity index (χ1) is 7.94. The molecule has 94 valence electrons. The molecule has 0 radical (unpaired) electrons. The Morgan fingerprint density at radius 3 is 2.71 bits per heavy atom. The van der Waals surface area contributed by atoms with Gasteiger partial charge >= 0.3 is 0 Å². The summed E-state index contributed by atoms with van der Waals surface area (Å²) in [6.07, 6.45) is 5.15. The van der Waals surface area contributed by atoms with Crippen LogP contribution in [0.1, 0.15) is 39.2 Å². The maximum absolute atomic E-state index is 12.0. The minimum atomic E-state index is 0.0836. The van der Waals surface area contributed by atoms with Gasteiger partial charge in [-0.15, -0.1) is 0 Å². The zero-order chi connectivity index (χ0) is 12.9. The summed E-state index contributed by atoms with van der Waals surface area (Å²) in [5.41, 5.74) is 1.15. The number of hydrogen-bond acceptors (Lipinski definition) is 2. The van der Waals surface area contributed by atoms with Gasteiger partial charge in [0.25, 0.3) is 0 Å². The van der Waals surface area contributed by atoms with E-state index in [1.165, 1.54) is 0 Å². The van der Waals surface area contributed by atoms with Crippen LogP contribution in [-0.2, 0) is 11.3 Å². The zero-order valence-corrected chi connectivity index (χ0v) is 11.2. The van der Waals surface area contributed by atoms with Gasteiger partial charge in [0.2, 0.25) is 5.91 Å². The third-order valence-electron chi connectivity index (χ3n) is 3.16. The van der Waals surface area contributed by atoms with Crippen LogP contribution in [0.15, 0.2) is 24.5 Å². The van der Waals surface area contributed by atoms with Crippen LogP contribution in [0.4, 0.5) is 0 Å².